The first-order valence-corrected chi connectivity index (χ1v) is 5.12. The van der Waals surface area contributed by atoms with Crippen molar-refractivity contribution in [3.63, 3.8) is 0 Å². The zero-order chi connectivity index (χ0) is 11.3. The van der Waals surface area contributed by atoms with E-state index in [1.165, 1.54) is 0 Å². The second-order valence-electron chi connectivity index (χ2n) is 4.02. The Morgan fingerprint density at radius 2 is 2.20 bits per heavy atom. The van der Waals surface area contributed by atoms with Crippen molar-refractivity contribution < 1.29 is 0 Å². The largest absolute Gasteiger partial charge is 0.398 e. The van der Waals surface area contributed by atoms with Crippen LogP contribution in [0.2, 0.25) is 0 Å². The summed E-state index contributed by atoms with van der Waals surface area (Å²) in [5, 5.41) is 11.9. The van der Waals surface area contributed by atoms with Crippen LogP contribution in [0.5, 0.6) is 0 Å². The van der Waals surface area contributed by atoms with E-state index in [2.05, 4.69) is 25.2 Å². The number of nitrogens with one attached hydrogen (secondary N) is 1. The van der Waals surface area contributed by atoms with E-state index in [0.717, 1.165) is 17.8 Å². The molecule has 0 spiro atoms. The van der Waals surface area contributed by atoms with Crippen LogP contribution >= 0.6 is 0 Å². The van der Waals surface area contributed by atoms with Crippen LogP contribution in [0.15, 0.2) is 18.2 Å². The minimum absolute atomic E-state index is 0.364. The molecule has 0 aromatic heterocycles. The number of nitrogen functional groups attached to an aromatic ring is 1. The molecule has 0 bridgehead atoms. The molecule has 3 heteroatoms. The van der Waals surface area contributed by atoms with Gasteiger partial charge in [-0.2, -0.15) is 5.26 Å². The zero-order valence-electron chi connectivity index (χ0n) is 9.25. The lowest BCUT2D eigenvalue weighted by atomic mass is 10.1. The topological polar surface area (TPSA) is 61.8 Å². The molecule has 15 heavy (non-hydrogen) atoms. The van der Waals surface area contributed by atoms with Crippen LogP contribution < -0.4 is 11.1 Å². The van der Waals surface area contributed by atoms with Crippen molar-refractivity contribution in [1.82, 2.24) is 0 Å². The maximum atomic E-state index is 8.63. The Kier molecular flexibility index (Phi) is 3.99. The quantitative estimate of drug-likeness (QED) is 0.739. The van der Waals surface area contributed by atoms with Gasteiger partial charge >= 0.3 is 0 Å². The van der Waals surface area contributed by atoms with E-state index >= 15 is 0 Å². The number of anilines is 2. The Bertz CT molecular complexity index is 364. The molecule has 0 saturated heterocycles. The van der Waals surface area contributed by atoms with E-state index in [1.54, 1.807) is 0 Å². The molecule has 0 fully saturated rings. The number of rotatable bonds is 4. The fourth-order valence-electron chi connectivity index (χ4n) is 1.28. The Labute approximate surface area is 90.9 Å². The summed E-state index contributed by atoms with van der Waals surface area (Å²) in [5.74, 6) is 0.599. The van der Waals surface area contributed by atoms with E-state index in [9.17, 15) is 0 Å². The molecular weight excluding hydrogens is 186 g/mol. The Morgan fingerprint density at radius 3 is 2.80 bits per heavy atom. The second kappa shape index (κ2) is 5.26. The standard InChI is InChI=1S/C12H17N3/c1-9(2)8-15-11-3-4-12(14)10(7-11)5-6-13/h3-4,7,9,15H,5,8,14H2,1-2H3. The number of nitriles is 1. The molecule has 1 aromatic carbocycles. The SMILES string of the molecule is CC(C)CNc1ccc(N)c(CC#N)c1. The molecule has 0 saturated carbocycles. The summed E-state index contributed by atoms with van der Waals surface area (Å²) >= 11 is 0. The Balaban J connectivity index is 2.74. The van der Waals surface area contributed by atoms with Gasteiger partial charge in [0.15, 0.2) is 0 Å². The molecule has 80 valence electrons. The normalized spacial score (nSPS) is 10.0. The van der Waals surface area contributed by atoms with E-state index in [-0.39, 0.29) is 0 Å². The van der Waals surface area contributed by atoms with Gasteiger partial charge in [0.2, 0.25) is 0 Å². The van der Waals surface area contributed by atoms with Crippen molar-refractivity contribution in [2.45, 2.75) is 20.3 Å². The van der Waals surface area contributed by atoms with E-state index in [1.807, 2.05) is 18.2 Å². The smallest absolute Gasteiger partial charge is 0.0670 e. The number of hydrogen-bond donors (Lipinski definition) is 2. The van der Waals surface area contributed by atoms with Crippen LogP contribution in [0.4, 0.5) is 11.4 Å². The second-order valence-corrected chi connectivity index (χ2v) is 4.02. The maximum Gasteiger partial charge on any atom is 0.0670 e. The van der Waals surface area contributed by atoms with Gasteiger partial charge in [-0.25, -0.2) is 0 Å². The lowest BCUT2D eigenvalue weighted by Crippen LogP contribution is -2.08. The highest BCUT2D eigenvalue weighted by atomic mass is 14.9. The Hall–Kier alpha value is -1.69. The first kappa shape index (κ1) is 11.4. The average Bonchev–Trinajstić information content (AvgIpc) is 2.19. The molecule has 3 nitrogen and oxygen atoms in total. The van der Waals surface area contributed by atoms with Gasteiger partial charge in [0.25, 0.3) is 0 Å². The lowest BCUT2D eigenvalue weighted by molar-refractivity contribution is 0.689. The minimum Gasteiger partial charge on any atom is -0.398 e. The highest BCUT2D eigenvalue weighted by Crippen LogP contribution is 2.18. The van der Waals surface area contributed by atoms with Crippen molar-refractivity contribution in [3.8, 4) is 6.07 Å². The molecule has 0 radical (unpaired) electrons. The number of benzene rings is 1. The molecule has 0 atom stereocenters. The third-order valence-corrected chi connectivity index (χ3v) is 2.13. The highest BCUT2D eigenvalue weighted by Gasteiger charge is 2.01. The van der Waals surface area contributed by atoms with Crippen molar-refractivity contribution in [3.05, 3.63) is 23.8 Å². The van der Waals surface area contributed by atoms with Crippen LogP contribution in [0.25, 0.3) is 0 Å². The molecular formula is C12H17N3. The summed E-state index contributed by atoms with van der Waals surface area (Å²) < 4.78 is 0. The number of nitrogens with zero attached hydrogens (tertiary/aromatic N) is 1. The third kappa shape index (κ3) is 3.51. The first-order chi connectivity index (χ1) is 7.13. The van der Waals surface area contributed by atoms with Crippen LogP contribution in [0.3, 0.4) is 0 Å². The molecule has 0 heterocycles. The number of hydrogen-bond acceptors (Lipinski definition) is 3. The summed E-state index contributed by atoms with van der Waals surface area (Å²) in [4.78, 5) is 0. The summed E-state index contributed by atoms with van der Waals surface area (Å²) in [6.07, 6.45) is 0.364. The van der Waals surface area contributed by atoms with Gasteiger partial charge in [0.1, 0.15) is 0 Å². The van der Waals surface area contributed by atoms with Gasteiger partial charge in [0.05, 0.1) is 12.5 Å². The third-order valence-electron chi connectivity index (χ3n) is 2.13. The van der Waals surface area contributed by atoms with Crippen LogP contribution in [-0.4, -0.2) is 6.54 Å². The van der Waals surface area contributed by atoms with Crippen molar-refractivity contribution in [1.29, 1.82) is 5.26 Å². The van der Waals surface area contributed by atoms with E-state index in [4.69, 9.17) is 11.0 Å². The zero-order valence-corrected chi connectivity index (χ0v) is 9.25. The summed E-state index contributed by atoms with van der Waals surface area (Å²) in [5.41, 5.74) is 8.36. The van der Waals surface area contributed by atoms with Crippen molar-refractivity contribution >= 4 is 11.4 Å². The molecule has 3 N–H and O–H groups in total. The van der Waals surface area contributed by atoms with Gasteiger partial charge in [-0.05, 0) is 29.7 Å². The van der Waals surface area contributed by atoms with Crippen LogP contribution in [0, 0.1) is 17.2 Å². The molecule has 1 rings (SSSR count). The van der Waals surface area contributed by atoms with Crippen LogP contribution in [0.1, 0.15) is 19.4 Å². The van der Waals surface area contributed by atoms with E-state index < -0.39 is 0 Å². The van der Waals surface area contributed by atoms with Crippen molar-refractivity contribution in [2.75, 3.05) is 17.6 Å². The molecule has 0 amide bonds. The predicted octanol–water partition coefficient (Wildman–Crippen LogP) is 2.40. The summed E-state index contributed by atoms with van der Waals surface area (Å²) in [6.45, 7) is 5.23. The average molecular weight is 203 g/mol. The van der Waals surface area contributed by atoms with Gasteiger partial charge in [-0.3, -0.25) is 0 Å². The van der Waals surface area contributed by atoms with Gasteiger partial charge in [-0.1, -0.05) is 13.8 Å². The maximum absolute atomic E-state index is 8.63. The summed E-state index contributed by atoms with van der Waals surface area (Å²) in [7, 11) is 0. The molecule has 1 aromatic rings. The van der Waals surface area contributed by atoms with Gasteiger partial charge in [-0.15, -0.1) is 0 Å². The predicted molar refractivity (Wildman–Crippen MR) is 63.5 cm³/mol. The molecule has 0 unspecified atom stereocenters. The Morgan fingerprint density at radius 1 is 1.47 bits per heavy atom. The fraction of sp³-hybridized carbons (Fsp3) is 0.417. The lowest BCUT2D eigenvalue weighted by Gasteiger charge is -2.10. The minimum atomic E-state index is 0.364. The van der Waals surface area contributed by atoms with Gasteiger partial charge in [0, 0.05) is 17.9 Å². The van der Waals surface area contributed by atoms with Crippen molar-refractivity contribution in [2.24, 2.45) is 5.92 Å². The number of nitrogens with two attached hydrogens (primary N) is 1. The van der Waals surface area contributed by atoms with Crippen LogP contribution in [-0.2, 0) is 6.42 Å². The molecule has 0 aliphatic carbocycles. The monoisotopic (exact) mass is 203 g/mol. The first-order valence-electron chi connectivity index (χ1n) is 5.12. The highest BCUT2D eigenvalue weighted by molar-refractivity contribution is 5.57. The molecule has 0 aliphatic heterocycles. The summed E-state index contributed by atoms with van der Waals surface area (Å²) in [6, 6.07) is 7.84. The van der Waals surface area contributed by atoms with Gasteiger partial charge < -0.3 is 11.1 Å². The van der Waals surface area contributed by atoms with E-state index in [0.29, 0.717) is 18.0 Å². The fourth-order valence-corrected chi connectivity index (χ4v) is 1.28. The molecule has 0 aliphatic rings.